The SMILES string of the molecule is CCN(CC)CCCNC(=O)c1ccc(-c2ccc(C[C@H](N)C(=O)N(C(=O)C3CCC(CNC(=O)OC(C)(C)C)CC3)c3ccc(-c4nn[nH]n4)cc3)cc2)c(C)n1.O=C(O)C(F)(F)F. The van der Waals surface area contributed by atoms with E-state index in [2.05, 4.69) is 55.0 Å². The summed E-state index contributed by atoms with van der Waals surface area (Å²) in [6.07, 6.45) is -1.91. The van der Waals surface area contributed by atoms with Crippen molar-refractivity contribution in [3.63, 3.8) is 0 Å². The third-order valence-corrected chi connectivity index (χ3v) is 10.7. The van der Waals surface area contributed by atoms with Gasteiger partial charge in [-0.3, -0.25) is 14.4 Å². The maximum atomic E-state index is 14.2. The molecule has 0 radical (unpaired) electrons. The van der Waals surface area contributed by atoms with Crippen LogP contribution in [0.15, 0.2) is 60.7 Å². The summed E-state index contributed by atoms with van der Waals surface area (Å²) < 4.78 is 37.1. The van der Waals surface area contributed by atoms with Crippen LogP contribution in [0.25, 0.3) is 22.5 Å². The van der Waals surface area contributed by atoms with Crippen LogP contribution in [0.4, 0.5) is 23.7 Å². The number of halogens is 3. The Morgan fingerprint density at radius 3 is 2.06 bits per heavy atom. The summed E-state index contributed by atoms with van der Waals surface area (Å²) in [6, 6.07) is 17.2. The van der Waals surface area contributed by atoms with Crippen molar-refractivity contribution in [3.05, 3.63) is 77.6 Å². The summed E-state index contributed by atoms with van der Waals surface area (Å²) in [5.41, 5.74) is 10.8. The number of aliphatic carboxylic acids is 1. The number of ether oxygens (including phenoxy) is 1. The Labute approximate surface area is 376 Å². The van der Waals surface area contributed by atoms with Gasteiger partial charge >= 0.3 is 18.2 Å². The highest BCUT2D eigenvalue weighted by atomic mass is 19.4. The number of hydrogen-bond acceptors (Lipinski definition) is 12. The third kappa shape index (κ3) is 15.7. The number of aromatic amines is 1. The Balaban J connectivity index is 0.00000122. The predicted octanol–water partition coefficient (Wildman–Crippen LogP) is 6.09. The highest BCUT2D eigenvalue weighted by molar-refractivity contribution is 6.17. The lowest BCUT2D eigenvalue weighted by Gasteiger charge is -2.32. The Kier molecular flexibility index (Phi) is 18.6. The number of alkyl halides is 3. The molecule has 0 bridgehead atoms. The van der Waals surface area contributed by atoms with E-state index < -0.39 is 41.7 Å². The second kappa shape index (κ2) is 23.6. The van der Waals surface area contributed by atoms with Crippen molar-refractivity contribution in [1.82, 2.24) is 41.1 Å². The normalized spacial score (nSPS) is 15.6. The van der Waals surface area contributed by atoms with Crippen molar-refractivity contribution in [2.45, 2.75) is 97.9 Å². The molecule has 352 valence electrons. The zero-order chi connectivity index (χ0) is 47.9. The van der Waals surface area contributed by atoms with E-state index in [0.717, 1.165) is 48.4 Å². The molecule has 65 heavy (non-hydrogen) atoms. The van der Waals surface area contributed by atoms with E-state index in [1.165, 1.54) is 4.90 Å². The number of carboxylic acids is 1. The van der Waals surface area contributed by atoms with Crippen LogP contribution >= 0.6 is 0 Å². The van der Waals surface area contributed by atoms with E-state index in [-0.39, 0.29) is 24.2 Å². The fourth-order valence-electron chi connectivity index (χ4n) is 7.20. The molecule has 1 aliphatic rings. The van der Waals surface area contributed by atoms with Gasteiger partial charge in [-0.15, -0.1) is 10.2 Å². The number of carboxylic acid groups (broad SMARTS) is 1. The van der Waals surface area contributed by atoms with Crippen LogP contribution in [0.2, 0.25) is 0 Å². The molecule has 0 saturated heterocycles. The first-order chi connectivity index (χ1) is 30.7. The largest absolute Gasteiger partial charge is 0.490 e. The number of aryl methyl sites for hydroxylation is 1. The quantitative estimate of drug-likeness (QED) is 0.0801. The minimum atomic E-state index is -5.08. The smallest absolute Gasteiger partial charge is 0.475 e. The fraction of sp³-hybridized carbons (Fsp3) is 0.489. The Hall–Kier alpha value is -6.28. The molecule has 1 fully saturated rings. The standard InChI is InChI=1S/C43H58N10O5.C2HF3O2/c1-7-52(8-2)25-9-24-45-39(54)37-23-22-35(28(3)47-37)31-14-10-29(11-15-31)26-36(44)41(56)53(34-20-18-32(19-21-34)38-48-50-51-49-38)40(55)33-16-12-30(13-17-33)27-46-42(57)58-43(4,5)6;3-2(4,5)1(6)7/h10-11,14-15,18-23,30,33,36H,7-9,12-13,16-17,24-27,44H2,1-6H3,(H,45,54)(H,46,57)(H,48,49,50,51);(H,6,7)/t30?,33?,36-;/m0./s1. The van der Waals surface area contributed by atoms with E-state index in [1.54, 1.807) is 30.3 Å². The molecule has 1 aliphatic carbocycles. The predicted molar refractivity (Wildman–Crippen MR) is 236 cm³/mol. The molecule has 0 spiro atoms. The second-order valence-corrected chi connectivity index (χ2v) is 16.7. The fourth-order valence-corrected chi connectivity index (χ4v) is 7.20. The van der Waals surface area contributed by atoms with Crippen LogP contribution in [0, 0.1) is 18.8 Å². The van der Waals surface area contributed by atoms with Crippen LogP contribution in [0.5, 0.6) is 0 Å². The van der Waals surface area contributed by atoms with Crippen molar-refractivity contribution in [2.24, 2.45) is 17.6 Å². The molecule has 1 atom stereocenters. The molecule has 6 N–H and O–H groups in total. The van der Waals surface area contributed by atoms with E-state index in [0.29, 0.717) is 61.5 Å². The summed E-state index contributed by atoms with van der Waals surface area (Å²) in [7, 11) is 0. The van der Waals surface area contributed by atoms with Gasteiger partial charge in [-0.25, -0.2) is 19.5 Å². The van der Waals surface area contributed by atoms with Gasteiger partial charge in [0.05, 0.1) is 11.7 Å². The minimum Gasteiger partial charge on any atom is -0.475 e. The van der Waals surface area contributed by atoms with Crippen molar-refractivity contribution in [1.29, 1.82) is 0 Å². The lowest BCUT2D eigenvalue weighted by atomic mass is 9.81. The molecule has 4 amide bonds. The van der Waals surface area contributed by atoms with Crippen LogP contribution < -0.4 is 21.3 Å². The first kappa shape index (κ1) is 51.4. The number of hydrogen-bond donors (Lipinski definition) is 5. The zero-order valence-corrected chi connectivity index (χ0v) is 37.6. The number of imide groups is 1. The molecule has 17 nitrogen and oxygen atoms in total. The second-order valence-electron chi connectivity index (χ2n) is 16.7. The Morgan fingerprint density at radius 1 is 0.908 bits per heavy atom. The van der Waals surface area contributed by atoms with E-state index >= 15 is 0 Å². The van der Waals surface area contributed by atoms with Gasteiger partial charge < -0.3 is 31.1 Å². The van der Waals surface area contributed by atoms with Gasteiger partial charge in [0.25, 0.3) is 11.8 Å². The number of benzene rings is 2. The number of nitrogens with two attached hydrogens (primary N) is 1. The molecule has 0 unspecified atom stereocenters. The first-order valence-corrected chi connectivity index (χ1v) is 21.5. The summed E-state index contributed by atoms with van der Waals surface area (Å²) >= 11 is 0. The Bertz CT molecular complexity index is 2190. The molecule has 2 heterocycles. The van der Waals surface area contributed by atoms with Crippen LogP contribution in [-0.4, -0.2) is 116 Å². The van der Waals surface area contributed by atoms with Gasteiger partial charge in [0.2, 0.25) is 11.7 Å². The van der Waals surface area contributed by atoms with Gasteiger partial charge in [-0.2, -0.15) is 18.4 Å². The average molecular weight is 909 g/mol. The maximum absolute atomic E-state index is 14.2. The van der Waals surface area contributed by atoms with Crippen molar-refractivity contribution < 1.29 is 47.0 Å². The Morgan fingerprint density at radius 2 is 1.52 bits per heavy atom. The molecule has 0 aliphatic heterocycles. The number of anilines is 1. The number of nitrogens with zero attached hydrogens (tertiary/aromatic N) is 6. The van der Waals surface area contributed by atoms with Gasteiger partial charge in [-0.05, 0) is 138 Å². The molecular formula is C45H59F3N10O7. The number of H-pyrrole nitrogens is 1. The maximum Gasteiger partial charge on any atom is 0.490 e. The summed E-state index contributed by atoms with van der Waals surface area (Å²) in [6.45, 7) is 15.5. The lowest BCUT2D eigenvalue weighted by molar-refractivity contribution is -0.192. The highest BCUT2D eigenvalue weighted by Crippen LogP contribution is 2.32. The van der Waals surface area contributed by atoms with Crippen molar-refractivity contribution >= 4 is 35.5 Å². The van der Waals surface area contributed by atoms with Gasteiger partial charge in [0.1, 0.15) is 11.3 Å². The molecule has 5 rings (SSSR count). The summed E-state index contributed by atoms with van der Waals surface area (Å²) in [4.78, 5) is 70.4. The molecule has 2 aromatic carbocycles. The summed E-state index contributed by atoms with van der Waals surface area (Å²) in [5.74, 6) is -3.57. The molecule has 2 aromatic heterocycles. The van der Waals surface area contributed by atoms with Gasteiger partial charge in [-0.1, -0.05) is 44.2 Å². The average Bonchev–Trinajstić information content (AvgIpc) is 3.81. The molecular weight excluding hydrogens is 850 g/mol. The van der Waals surface area contributed by atoms with Crippen molar-refractivity contribution in [3.8, 4) is 22.5 Å². The van der Waals surface area contributed by atoms with Gasteiger partial charge in [0, 0.05) is 35.8 Å². The van der Waals surface area contributed by atoms with E-state index in [1.807, 2.05) is 58.0 Å². The number of alkyl carbamates (subject to hydrolysis) is 1. The molecule has 4 aromatic rings. The van der Waals surface area contributed by atoms with E-state index in [9.17, 15) is 32.3 Å². The van der Waals surface area contributed by atoms with E-state index in [4.69, 9.17) is 20.4 Å². The third-order valence-electron chi connectivity index (χ3n) is 10.7. The number of carbonyl (C=O) groups is 5. The zero-order valence-electron chi connectivity index (χ0n) is 37.6. The monoisotopic (exact) mass is 908 g/mol. The lowest BCUT2D eigenvalue weighted by Crippen LogP contribution is -2.50. The van der Waals surface area contributed by atoms with Crippen LogP contribution in [0.3, 0.4) is 0 Å². The highest BCUT2D eigenvalue weighted by Gasteiger charge is 2.38. The number of rotatable bonds is 16. The first-order valence-electron chi connectivity index (χ1n) is 21.5. The number of pyridine rings is 1. The number of nitrogens with one attached hydrogen (secondary N) is 3. The topological polar surface area (TPSA) is 239 Å². The number of tetrazole rings is 1. The van der Waals surface area contributed by atoms with Crippen LogP contribution in [-0.2, 0) is 25.5 Å². The molecule has 20 heteroatoms. The van der Waals surface area contributed by atoms with Crippen LogP contribution in [0.1, 0.15) is 88.5 Å². The minimum absolute atomic E-state index is 0.190. The number of carbonyl (C=O) groups excluding carboxylic acids is 4. The number of aromatic nitrogens is 5. The summed E-state index contributed by atoms with van der Waals surface area (Å²) in [5, 5.41) is 27.0. The van der Waals surface area contributed by atoms with Crippen molar-refractivity contribution in [2.75, 3.05) is 37.6 Å². The molecule has 1 saturated carbocycles. The van der Waals surface area contributed by atoms with Gasteiger partial charge in [0.15, 0.2) is 0 Å². The number of amides is 4.